The molecular formula is C25H30BrFN2O3S. The van der Waals surface area contributed by atoms with Gasteiger partial charge in [0.1, 0.15) is 11.4 Å². The normalized spacial score (nSPS) is 21.0. The molecule has 178 valence electrons. The van der Waals surface area contributed by atoms with Crippen molar-refractivity contribution in [1.29, 1.82) is 0 Å². The van der Waals surface area contributed by atoms with Gasteiger partial charge in [0.25, 0.3) is 5.91 Å². The van der Waals surface area contributed by atoms with Crippen LogP contribution in [-0.2, 0) is 15.0 Å². The number of hydrogen-bond donors (Lipinski definition) is 1. The molecule has 2 aliphatic rings. The second kappa shape index (κ2) is 13.5. The Hall–Kier alpha value is -2.16. The predicted octanol–water partition coefficient (Wildman–Crippen LogP) is 6.16. The Morgan fingerprint density at radius 3 is 2.70 bits per heavy atom. The molecular weight excluding hydrogens is 507 g/mol. The zero-order valence-electron chi connectivity index (χ0n) is 19.1. The van der Waals surface area contributed by atoms with Gasteiger partial charge in [-0.1, -0.05) is 66.3 Å². The van der Waals surface area contributed by atoms with Crippen LogP contribution in [0.3, 0.4) is 0 Å². The Morgan fingerprint density at radius 2 is 2.03 bits per heavy atom. The highest BCUT2D eigenvalue weighted by Crippen LogP contribution is 2.46. The molecule has 8 heteroatoms. The fourth-order valence-corrected chi connectivity index (χ4v) is 5.11. The second-order valence-electron chi connectivity index (χ2n) is 7.04. The first-order chi connectivity index (χ1) is 16.0. The molecule has 1 N–H and O–H groups in total. The molecule has 2 heterocycles. The maximum absolute atomic E-state index is 14.7. The van der Waals surface area contributed by atoms with Gasteiger partial charge in [-0.2, -0.15) is 0 Å². The summed E-state index contributed by atoms with van der Waals surface area (Å²) in [6, 6.07) is 13.9. The Labute approximate surface area is 208 Å². The van der Waals surface area contributed by atoms with Crippen molar-refractivity contribution in [2.24, 2.45) is 10.9 Å². The predicted molar refractivity (Wildman–Crippen MR) is 137 cm³/mol. The van der Waals surface area contributed by atoms with Gasteiger partial charge in [-0.15, -0.1) is 0 Å². The summed E-state index contributed by atoms with van der Waals surface area (Å²) in [7, 11) is 1.56. The van der Waals surface area contributed by atoms with Crippen LogP contribution >= 0.6 is 27.7 Å². The Morgan fingerprint density at radius 1 is 1.33 bits per heavy atom. The Balaban J connectivity index is 0.000000582. The van der Waals surface area contributed by atoms with Gasteiger partial charge in [0.2, 0.25) is 0 Å². The van der Waals surface area contributed by atoms with Crippen molar-refractivity contribution in [3.63, 3.8) is 0 Å². The largest absolute Gasteiger partial charge is 0.505 e. The molecule has 2 aromatic rings. The van der Waals surface area contributed by atoms with E-state index in [1.807, 2.05) is 32.0 Å². The van der Waals surface area contributed by atoms with E-state index < -0.39 is 5.54 Å². The Kier molecular flexibility index (Phi) is 11.1. The van der Waals surface area contributed by atoms with Crippen molar-refractivity contribution in [2.45, 2.75) is 25.8 Å². The lowest BCUT2D eigenvalue weighted by Crippen LogP contribution is -2.49. The van der Waals surface area contributed by atoms with Gasteiger partial charge in [0.05, 0.1) is 20.0 Å². The minimum atomic E-state index is -0.823. The maximum Gasteiger partial charge on any atom is 0.257 e. The van der Waals surface area contributed by atoms with Crippen LogP contribution in [0, 0.1) is 11.7 Å². The van der Waals surface area contributed by atoms with Crippen molar-refractivity contribution in [1.82, 2.24) is 5.32 Å². The van der Waals surface area contributed by atoms with Gasteiger partial charge >= 0.3 is 0 Å². The molecule has 0 aliphatic carbocycles. The molecule has 5 nitrogen and oxygen atoms in total. The van der Waals surface area contributed by atoms with Crippen LogP contribution in [0.2, 0.25) is 0 Å². The number of hydrogen-bond acceptors (Lipinski definition) is 5. The molecule has 1 amide bonds. The van der Waals surface area contributed by atoms with Gasteiger partial charge in [-0.3, -0.25) is 4.79 Å². The number of rotatable bonds is 3. The summed E-state index contributed by atoms with van der Waals surface area (Å²) in [5.41, 5.74) is 0.246. The van der Waals surface area contributed by atoms with Crippen LogP contribution in [0.5, 0.6) is 0 Å². The van der Waals surface area contributed by atoms with E-state index in [2.05, 4.69) is 32.6 Å². The number of nitrogens with one attached hydrogen (secondary N) is 1. The van der Waals surface area contributed by atoms with E-state index >= 15 is 0 Å². The number of carbonyl (C=O) groups excluding carboxylic acids is 1. The molecule has 0 bridgehead atoms. The summed E-state index contributed by atoms with van der Waals surface area (Å²) in [5.74, 6) is 0.376. The monoisotopic (exact) mass is 536 g/mol. The lowest BCUT2D eigenvalue weighted by Gasteiger charge is -2.44. The summed E-state index contributed by atoms with van der Waals surface area (Å²) in [6.45, 7) is 8.20. The second-order valence-corrected chi connectivity index (χ2v) is 8.96. The quantitative estimate of drug-likeness (QED) is 0.477. The van der Waals surface area contributed by atoms with E-state index in [0.717, 1.165) is 16.6 Å². The third-order valence-electron chi connectivity index (χ3n) is 5.15. The van der Waals surface area contributed by atoms with Gasteiger partial charge in [-0.25, -0.2) is 9.38 Å². The van der Waals surface area contributed by atoms with Crippen LogP contribution in [0.4, 0.5) is 4.39 Å². The van der Waals surface area contributed by atoms with E-state index in [4.69, 9.17) is 9.73 Å². The minimum Gasteiger partial charge on any atom is -0.505 e. The average molecular weight is 537 g/mol. The van der Waals surface area contributed by atoms with Crippen molar-refractivity contribution in [3.8, 4) is 0 Å². The van der Waals surface area contributed by atoms with Crippen molar-refractivity contribution >= 4 is 38.8 Å². The number of benzene rings is 2. The molecule has 1 fully saturated rings. The van der Waals surface area contributed by atoms with Gasteiger partial charge < -0.3 is 14.8 Å². The first kappa shape index (κ1) is 27.1. The van der Waals surface area contributed by atoms with Crippen LogP contribution in [0.15, 0.2) is 70.8 Å². The molecule has 4 rings (SSSR count). The molecule has 2 atom stereocenters. The summed E-state index contributed by atoms with van der Waals surface area (Å²) in [5, 5.41) is 3.39. The number of amides is 1. The third kappa shape index (κ3) is 6.91. The molecule has 2 aromatic carbocycles. The highest BCUT2D eigenvalue weighted by Gasteiger charge is 2.47. The molecule has 1 saturated heterocycles. The number of thioether (sulfide) groups is 1. The number of ether oxygens (including phenoxy) is 2. The fourth-order valence-electron chi connectivity index (χ4n) is 3.56. The first-order valence-corrected chi connectivity index (χ1v) is 12.5. The number of nitrogens with zero attached hydrogens (tertiary/aromatic N) is 1. The summed E-state index contributed by atoms with van der Waals surface area (Å²) < 4.78 is 25.6. The van der Waals surface area contributed by atoms with Crippen LogP contribution < -0.4 is 5.32 Å². The van der Waals surface area contributed by atoms with E-state index in [1.54, 1.807) is 31.4 Å². The number of fused-ring (bicyclic) bond motifs is 1. The van der Waals surface area contributed by atoms with Gasteiger partial charge in [-0.05, 0) is 36.8 Å². The number of carbonyl (C=O) groups is 1. The summed E-state index contributed by atoms with van der Waals surface area (Å²) >= 11 is 4.93. The number of halogens is 2. The fraction of sp³-hybridized carbons (Fsp3) is 0.360. The van der Waals surface area contributed by atoms with Crippen LogP contribution in [0.1, 0.15) is 36.2 Å². The molecule has 0 radical (unpaired) electrons. The number of aliphatic imine (C=N–C) groups is 1. The third-order valence-corrected chi connectivity index (χ3v) is 6.68. The van der Waals surface area contributed by atoms with Crippen molar-refractivity contribution in [2.75, 3.05) is 26.1 Å². The SMILES string of the molecule is C=COC.CC.O=C(NC1=NC2(c3cc(Br)ccc3F)COCCC2CS1)c1ccccc1. The lowest BCUT2D eigenvalue weighted by molar-refractivity contribution is 0.00287. The molecule has 0 aromatic heterocycles. The van der Waals surface area contributed by atoms with Crippen LogP contribution in [0.25, 0.3) is 0 Å². The lowest BCUT2D eigenvalue weighted by atomic mass is 9.76. The molecule has 0 spiro atoms. The highest BCUT2D eigenvalue weighted by molar-refractivity contribution is 9.10. The number of amidine groups is 1. The van der Waals surface area contributed by atoms with Crippen molar-refractivity contribution in [3.05, 3.63) is 82.8 Å². The topological polar surface area (TPSA) is 59.9 Å². The molecule has 0 saturated carbocycles. The standard InChI is InChI=1S/C20H18BrFN2O2S.C3H6O.C2H6/c21-15-6-7-17(22)16(10-15)20-12-26-9-8-14(20)11-27-19(24-20)23-18(25)13-4-2-1-3-5-13;1-3-4-2;1-2/h1-7,10,14H,8-9,11-12H2,(H,23,24,25);3H,1H2,2H3;1-2H3. The first-order valence-electron chi connectivity index (χ1n) is 10.8. The van der Waals surface area contributed by atoms with E-state index in [9.17, 15) is 9.18 Å². The molecule has 2 unspecified atom stereocenters. The zero-order chi connectivity index (χ0) is 24.3. The zero-order valence-corrected chi connectivity index (χ0v) is 21.5. The van der Waals surface area contributed by atoms with Crippen molar-refractivity contribution < 1.29 is 18.7 Å². The maximum atomic E-state index is 14.7. The minimum absolute atomic E-state index is 0.150. The average Bonchev–Trinajstić information content (AvgIpc) is 2.87. The van der Waals surface area contributed by atoms with Gasteiger partial charge in [0.15, 0.2) is 5.17 Å². The Bertz CT molecular complexity index is 958. The number of methoxy groups -OCH3 is 1. The van der Waals surface area contributed by atoms with Crippen LogP contribution in [-0.4, -0.2) is 37.2 Å². The van der Waals surface area contributed by atoms with E-state index in [1.165, 1.54) is 24.1 Å². The molecule has 33 heavy (non-hydrogen) atoms. The summed E-state index contributed by atoms with van der Waals surface area (Å²) in [6.07, 6.45) is 2.18. The summed E-state index contributed by atoms with van der Waals surface area (Å²) in [4.78, 5) is 17.4. The highest BCUT2D eigenvalue weighted by atomic mass is 79.9. The smallest absolute Gasteiger partial charge is 0.257 e. The van der Waals surface area contributed by atoms with E-state index in [-0.39, 0.29) is 17.6 Å². The van der Waals surface area contributed by atoms with Gasteiger partial charge in [0, 0.05) is 33.9 Å². The van der Waals surface area contributed by atoms with E-state index in [0.29, 0.717) is 29.5 Å². The molecule has 2 aliphatic heterocycles.